The van der Waals surface area contributed by atoms with Gasteiger partial charge in [-0.25, -0.2) is 0 Å². The Labute approximate surface area is 124 Å². The van der Waals surface area contributed by atoms with Gasteiger partial charge in [0.1, 0.15) is 0 Å². The first-order chi connectivity index (χ1) is 9.88. The van der Waals surface area contributed by atoms with Gasteiger partial charge in [0.05, 0.1) is 0 Å². The van der Waals surface area contributed by atoms with E-state index >= 15 is 0 Å². The smallest absolute Gasteiger partial charge is 0.0299 e. The van der Waals surface area contributed by atoms with Gasteiger partial charge in [0.25, 0.3) is 0 Å². The van der Waals surface area contributed by atoms with Crippen molar-refractivity contribution in [3.8, 4) is 0 Å². The van der Waals surface area contributed by atoms with Gasteiger partial charge in [-0.05, 0) is 49.8 Å². The average Bonchev–Trinajstić information content (AvgIpc) is 2.52. The number of rotatable bonds is 8. The van der Waals surface area contributed by atoms with Crippen molar-refractivity contribution in [3.05, 3.63) is 30.1 Å². The summed E-state index contributed by atoms with van der Waals surface area (Å²) in [6, 6.07) is 4.94. The fraction of sp³-hybridized carbons (Fsp3) is 0.722. The van der Waals surface area contributed by atoms with Crippen LogP contribution in [0.15, 0.2) is 24.5 Å². The van der Waals surface area contributed by atoms with E-state index in [-0.39, 0.29) is 0 Å². The second-order valence-corrected chi connectivity index (χ2v) is 6.29. The molecule has 0 amide bonds. The Bertz CT molecular complexity index is 344. The van der Waals surface area contributed by atoms with Gasteiger partial charge < -0.3 is 5.32 Å². The molecule has 112 valence electrons. The van der Waals surface area contributed by atoms with Gasteiger partial charge in [-0.3, -0.25) is 4.98 Å². The standard InChI is InChI=1S/C18H30N2/c1-2-12-20-18(14-16-7-4-3-5-8-16)11-10-17-9-6-13-19-15-17/h6,9,13,15-16,18,20H,2-5,7-8,10-12,14H2,1H3. The van der Waals surface area contributed by atoms with Crippen molar-refractivity contribution in [1.29, 1.82) is 0 Å². The van der Waals surface area contributed by atoms with Crippen molar-refractivity contribution >= 4 is 0 Å². The molecule has 1 aromatic rings. The summed E-state index contributed by atoms with van der Waals surface area (Å²) in [5.41, 5.74) is 1.37. The van der Waals surface area contributed by atoms with Crippen molar-refractivity contribution in [2.45, 2.75) is 70.8 Å². The molecule has 0 saturated heterocycles. The van der Waals surface area contributed by atoms with E-state index in [1.807, 2.05) is 18.5 Å². The van der Waals surface area contributed by atoms with Crippen LogP contribution in [-0.2, 0) is 6.42 Å². The third kappa shape index (κ3) is 5.62. The van der Waals surface area contributed by atoms with Gasteiger partial charge in [-0.15, -0.1) is 0 Å². The highest BCUT2D eigenvalue weighted by molar-refractivity contribution is 5.08. The van der Waals surface area contributed by atoms with Crippen LogP contribution in [-0.4, -0.2) is 17.6 Å². The lowest BCUT2D eigenvalue weighted by Gasteiger charge is -2.27. The first-order valence-electron chi connectivity index (χ1n) is 8.50. The third-order valence-corrected chi connectivity index (χ3v) is 4.53. The Hall–Kier alpha value is -0.890. The van der Waals surface area contributed by atoms with Gasteiger partial charge in [-0.2, -0.15) is 0 Å². The summed E-state index contributed by atoms with van der Waals surface area (Å²) in [5, 5.41) is 3.77. The van der Waals surface area contributed by atoms with Gasteiger partial charge >= 0.3 is 0 Å². The molecule has 1 unspecified atom stereocenters. The number of aryl methyl sites for hydroxylation is 1. The fourth-order valence-corrected chi connectivity index (χ4v) is 3.36. The SMILES string of the molecule is CCCNC(CCc1cccnc1)CC1CCCCC1. The van der Waals surface area contributed by atoms with Crippen LogP contribution in [0.5, 0.6) is 0 Å². The monoisotopic (exact) mass is 274 g/mol. The molecular weight excluding hydrogens is 244 g/mol. The number of nitrogens with one attached hydrogen (secondary N) is 1. The van der Waals surface area contributed by atoms with Crippen LogP contribution in [0.3, 0.4) is 0 Å². The molecule has 2 heteroatoms. The molecule has 0 aromatic carbocycles. The van der Waals surface area contributed by atoms with Crippen LogP contribution < -0.4 is 5.32 Å². The largest absolute Gasteiger partial charge is 0.314 e. The second kappa shape index (κ2) is 9.12. The van der Waals surface area contributed by atoms with Crippen molar-refractivity contribution in [1.82, 2.24) is 10.3 Å². The molecule has 1 N–H and O–H groups in total. The van der Waals surface area contributed by atoms with Gasteiger partial charge in [0.2, 0.25) is 0 Å². The number of aromatic nitrogens is 1. The van der Waals surface area contributed by atoms with Crippen molar-refractivity contribution in [2.75, 3.05) is 6.54 Å². The predicted molar refractivity (Wildman–Crippen MR) is 85.8 cm³/mol. The van der Waals surface area contributed by atoms with Crippen molar-refractivity contribution in [3.63, 3.8) is 0 Å². The van der Waals surface area contributed by atoms with E-state index in [1.54, 1.807) is 0 Å². The normalized spacial score (nSPS) is 18.1. The van der Waals surface area contributed by atoms with Crippen molar-refractivity contribution < 1.29 is 0 Å². The molecule has 2 nitrogen and oxygen atoms in total. The molecule has 1 heterocycles. The quantitative estimate of drug-likeness (QED) is 0.762. The Balaban J connectivity index is 1.79. The zero-order chi connectivity index (χ0) is 14.0. The highest BCUT2D eigenvalue weighted by Crippen LogP contribution is 2.28. The Morgan fingerprint density at radius 3 is 2.85 bits per heavy atom. The summed E-state index contributed by atoms with van der Waals surface area (Å²) >= 11 is 0. The zero-order valence-corrected chi connectivity index (χ0v) is 13.0. The lowest BCUT2D eigenvalue weighted by Crippen LogP contribution is -2.32. The molecule has 0 radical (unpaired) electrons. The Morgan fingerprint density at radius 2 is 2.15 bits per heavy atom. The molecule has 1 saturated carbocycles. The molecule has 0 aliphatic heterocycles. The van der Waals surface area contributed by atoms with E-state index in [0.717, 1.165) is 18.9 Å². The summed E-state index contributed by atoms with van der Waals surface area (Å²) < 4.78 is 0. The number of hydrogen-bond donors (Lipinski definition) is 1. The predicted octanol–water partition coefficient (Wildman–Crippen LogP) is 4.35. The minimum Gasteiger partial charge on any atom is -0.314 e. The summed E-state index contributed by atoms with van der Waals surface area (Å²) in [5.74, 6) is 0.965. The van der Waals surface area contributed by atoms with E-state index in [2.05, 4.69) is 23.3 Å². The molecule has 2 rings (SSSR count). The van der Waals surface area contributed by atoms with Crippen LogP contribution in [0.25, 0.3) is 0 Å². The minimum absolute atomic E-state index is 0.693. The fourth-order valence-electron chi connectivity index (χ4n) is 3.36. The van der Waals surface area contributed by atoms with Gasteiger partial charge in [0, 0.05) is 18.4 Å². The summed E-state index contributed by atoms with van der Waals surface area (Å²) in [6.45, 7) is 3.41. The van der Waals surface area contributed by atoms with E-state index in [9.17, 15) is 0 Å². The maximum Gasteiger partial charge on any atom is 0.0299 e. The first-order valence-corrected chi connectivity index (χ1v) is 8.50. The molecule has 1 aliphatic carbocycles. The lowest BCUT2D eigenvalue weighted by atomic mass is 9.83. The number of pyridine rings is 1. The van der Waals surface area contributed by atoms with Crippen LogP contribution in [0.2, 0.25) is 0 Å². The van der Waals surface area contributed by atoms with Crippen LogP contribution in [0.1, 0.15) is 63.9 Å². The summed E-state index contributed by atoms with van der Waals surface area (Å²) in [7, 11) is 0. The van der Waals surface area contributed by atoms with Crippen LogP contribution in [0, 0.1) is 5.92 Å². The molecule has 20 heavy (non-hydrogen) atoms. The second-order valence-electron chi connectivity index (χ2n) is 6.29. The number of hydrogen-bond acceptors (Lipinski definition) is 2. The molecule has 0 spiro atoms. The molecule has 1 aliphatic rings. The van der Waals surface area contributed by atoms with E-state index in [4.69, 9.17) is 0 Å². The Morgan fingerprint density at radius 1 is 1.30 bits per heavy atom. The van der Waals surface area contributed by atoms with Gasteiger partial charge in [0.15, 0.2) is 0 Å². The van der Waals surface area contributed by atoms with Gasteiger partial charge in [-0.1, -0.05) is 45.1 Å². The summed E-state index contributed by atoms with van der Waals surface area (Å²) in [4.78, 5) is 4.22. The lowest BCUT2D eigenvalue weighted by molar-refractivity contribution is 0.291. The summed E-state index contributed by atoms with van der Waals surface area (Å²) in [6.07, 6.45) is 16.2. The van der Waals surface area contributed by atoms with E-state index < -0.39 is 0 Å². The highest BCUT2D eigenvalue weighted by Gasteiger charge is 2.18. The molecule has 1 aromatic heterocycles. The van der Waals surface area contributed by atoms with Crippen molar-refractivity contribution in [2.24, 2.45) is 5.92 Å². The van der Waals surface area contributed by atoms with Crippen LogP contribution in [0.4, 0.5) is 0 Å². The molecule has 0 bridgehead atoms. The molecule has 1 atom stereocenters. The Kier molecular flexibility index (Phi) is 7.07. The maximum absolute atomic E-state index is 4.22. The third-order valence-electron chi connectivity index (χ3n) is 4.53. The van der Waals surface area contributed by atoms with E-state index in [0.29, 0.717) is 6.04 Å². The zero-order valence-electron chi connectivity index (χ0n) is 13.0. The molecule has 1 fully saturated rings. The topological polar surface area (TPSA) is 24.9 Å². The van der Waals surface area contributed by atoms with Crippen LogP contribution >= 0.6 is 0 Å². The molecular formula is C18H30N2. The average molecular weight is 274 g/mol. The minimum atomic E-state index is 0.693. The van der Waals surface area contributed by atoms with E-state index in [1.165, 1.54) is 56.9 Å². The number of nitrogens with zero attached hydrogens (tertiary/aromatic N) is 1. The maximum atomic E-state index is 4.22. The highest BCUT2D eigenvalue weighted by atomic mass is 14.9. The first kappa shape index (κ1) is 15.5.